The summed E-state index contributed by atoms with van der Waals surface area (Å²) in [5.74, 6) is -0.292. The number of carbonyl (C=O) groups is 1. The fourth-order valence-electron chi connectivity index (χ4n) is 2.32. The van der Waals surface area contributed by atoms with Gasteiger partial charge in [-0.05, 0) is 19.8 Å². The highest BCUT2D eigenvalue weighted by Crippen LogP contribution is 2.28. The van der Waals surface area contributed by atoms with E-state index in [4.69, 9.17) is 4.74 Å². The van der Waals surface area contributed by atoms with Crippen LogP contribution in [0, 0.1) is 6.92 Å². The van der Waals surface area contributed by atoms with Crippen molar-refractivity contribution < 1.29 is 9.53 Å². The highest BCUT2D eigenvalue weighted by atomic mass is 16.5. The SMILES string of the molecule is COC(=O)c1cn(C2CCCCC2)nc1C. The van der Waals surface area contributed by atoms with Crippen LogP contribution in [0.5, 0.6) is 0 Å². The molecule has 1 saturated carbocycles. The van der Waals surface area contributed by atoms with Crippen molar-refractivity contribution in [2.24, 2.45) is 0 Å². The number of rotatable bonds is 2. The maximum absolute atomic E-state index is 11.5. The van der Waals surface area contributed by atoms with Crippen molar-refractivity contribution in [3.8, 4) is 0 Å². The maximum atomic E-state index is 11.5. The second-order valence-corrected chi connectivity index (χ2v) is 4.39. The lowest BCUT2D eigenvalue weighted by molar-refractivity contribution is 0.0599. The van der Waals surface area contributed by atoms with Gasteiger partial charge in [0.2, 0.25) is 0 Å². The molecular formula is C12H18N2O2. The van der Waals surface area contributed by atoms with E-state index in [1.165, 1.54) is 39.2 Å². The van der Waals surface area contributed by atoms with Gasteiger partial charge in [0, 0.05) is 6.20 Å². The van der Waals surface area contributed by atoms with Crippen LogP contribution in [0.1, 0.15) is 54.2 Å². The molecule has 16 heavy (non-hydrogen) atoms. The first-order chi connectivity index (χ1) is 7.72. The molecule has 1 fully saturated rings. The number of aromatic nitrogens is 2. The number of esters is 1. The molecule has 0 atom stereocenters. The number of ether oxygens (including phenoxy) is 1. The van der Waals surface area contributed by atoms with Crippen LogP contribution in [0.4, 0.5) is 0 Å². The molecule has 4 nitrogen and oxygen atoms in total. The molecule has 1 aliphatic carbocycles. The molecule has 1 aliphatic rings. The van der Waals surface area contributed by atoms with Crippen molar-refractivity contribution in [2.75, 3.05) is 7.11 Å². The first-order valence-corrected chi connectivity index (χ1v) is 5.86. The molecule has 88 valence electrons. The number of hydrogen-bond acceptors (Lipinski definition) is 3. The summed E-state index contributed by atoms with van der Waals surface area (Å²) in [7, 11) is 1.40. The fourth-order valence-corrected chi connectivity index (χ4v) is 2.32. The predicted octanol–water partition coefficient (Wildman–Crippen LogP) is 2.48. The minimum absolute atomic E-state index is 0.292. The average molecular weight is 222 g/mol. The van der Waals surface area contributed by atoms with Crippen molar-refractivity contribution in [3.63, 3.8) is 0 Å². The zero-order valence-electron chi connectivity index (χ0n) is 9.90. The van der Waals surface area contributed by atoms with Crippen molar-refractivity contribution in [2.45, 2.75) is 45.1 Å². The molecule has 0 amide bonds. The van der Waals surface area contributed by atoms with E-state index in [0.717, 1.165) is 5.69 Å². The molecule has 1 heterocycles. The van der Waals surface area contributed by atoms with Crippen molar-refractivity contribution >= 4 is 5.97 Å². The molecule has 4 heteroatoms. The number of nitrogens with zero attached hydrogens (tertiary/aromatic N) is 2. The highest BCUT2D eigenvalue weighted by Gasteiger charge is 2.20. The standard InChI is InChI=1S/C12H18N2O2/c1-9-11(12(15)16-2)8-14(13-9)10-6-4-3-5-7-10/h8,10H,3-7H2,1-2H3. The summed E-state index contributed by atoms with van der Waals surface area (Å²) >= 11 is 0. The number of carbonyl (C=O) groups excluding carboxylic acids is 1. The van der Waals surface area contributed by atoms with Gasteiger partial charge in [-0.1, -0.05) is 19.3 Å². The third-order valence-electron chi connectivity index (χ3n) is 3.27. The van der Waals surface area contributed by atoms with E-state index in [0.29, 0.717) is 11.6 Å². The lowest BCUT2D eigenvalue weighted by atomic mass is 9.96. The zero-order chi connectivity index (χ0) is 11.5. The Morgan fingerprint density at radius 1 is 1.44 bits per heavy atom. The van der Waals surface area contributed by atoms with Crippen molar-refractivity contribution in [1.29, 1.82) is 0 Å². The van der Waals surface area contributed by atoms with E-state index in [-0.39, 0.29) is 5.97 Å². The van der Waals surface area contributed by atoms with E-state index in [9.17, 15) is 4.79 Å². The van der Waals surface area contributed by atoms with E-state index in [2.05, 4.69) is 5.10 Å². The summed E-state index contributed by atoms with van der Waals surface area (Å²) in [6, 6.07) is 0.464. The van der Waals surface area contributed by atoms with Gasteiger partial charge in [0.15, 0.2) is 0 Å². The topological polar surface area (TPSA) is 44.1 Å². The smallest absolute Gasteiger partial charge is 0.341 e. The molecule has 0 aliphatic heterocycles. The summed E-state index contributed by atoms with van der Waals surface area (Å²) < 4.78 is 6.67. The minimum Gasteiger partial charge on any atom is -0.465 e. The van der Waals surface area contributed by atoms with Crippen LogP contribution < -0.4 is 0 Å². The van der Waals surface area contributed by atoms with Gasteiger partial charge in [-0.2, -0.15) is 5.10 Å². The summed E-state index contributed by atoms with van der Waals surface area (Å²) in [5.41, 5.74) is 1.35. The van der Waals surface area contributed by atoms with E-state index >= 15 is 0 Å². The van der Waals surface area contributed by atoms with Crippen molar-refractivity contribution in [3.05, 3.63) is 17.5 Å². The van der Waals surface area contributed by atoms with Gasteiger partial charge < -0.3 is 4.74 Å². The maximum Gasteiger partial charge on any atom is 0.341 e. The van der Waals surface area contributed by atoms with Gasteiger partial charge in [0.1, 0.15) is 5.56 Å². The van der Waals surface area contributed by atoms with E-state index < -0.39 is 0 Å². The van der Waals surface area contributed by atoms with Gasteiger partial charge in [-0.3, -0.25) is 4.68 Å². The summed E-state index contributed by atoms with van der Waals surface area (Å²) in [4.78, 5) is 11.5. The zero-order valence-corrected chi connectivity index (χ0v) is 9.90. The Bertz CT molecular complexity index is 378. The number of hydrogen-bond donors (Lipinski definition) is 0. The van der Waals surface area contributed by atoms with Gasteiger partial charge in [-0.25, -0.2) is 4.79 Å². The van der Waals surface area contributed by atoms with Crippen LogP contribution in [0.25, 0.3) is 0 Å². The average Bonchev–Trinajstić information content (AvgIpc) is 2.71. The van der Waals surface area contributed by atoms with Gasteiger partial charge >= 0.3 is 5.97 Å². The number of aryl methyl sites for hydroxylation is 1. The Labute approximate surface area is 95.6 Å². The second kappa shape index (κ2) is 4.68. The van der Waals surface area contributed by atoms with Crippen LogP contribution in [0.2, 0.25) is 0 Å². The van der Waals surface area contributed by atoms with E-state index in [1.54, 1.807) is 0 Å². The molecule has 0 spiro atoms. The third-order valence-corrected chi connectivity index (χ3v) is 3.27. The quantitative estimate of drug-likeness (QED) is 0.722. The summed E-state index contributed by atoms with van der Waals surface area (Å²) in [5, 5.41) is 4.42. The van der Waals surface area contributed by atoms with Gasteiger partial charge in [0.05, 0.1) is 18.8 Å². The van der Waals surface area contributed by atoms with Crippen LogP contribution in [-0.4, -0.2) is 22.9 Å². The van der Waals surface area contributed by atoms with Crippen LogP contribution in [0.3, 0.4) is 0 Å². The summed E-state index contributed by atoms with van der Waals surface area (Å²) in [6.45, 7) is 1.85. The fraction of sp³-hybridized carbons (Fsp3) is 0.667. The molecule has 0 aromatic carbocycles. The second-order valence-electron chi connectivity index (χ2n) is 4.39. The van der Waals surface area contributed by atoms with E-state index in [1.807, 2.05) is 17.8 Å². The Balaban J connectivity index is 2.19. The Morgan fingerprint density at radius 3 is 2.75 bits per heavy atom. The minimum atomic E-state index is -0.292. The predicted molar refractivity (Wildman–Crippen MR) is 60.4 cm³/mol. The van der Waals surface area contributed by atoms with Crippen LogP contribution in [-0.2, 0) is 4.74 Å². The molecule has 0 N–H and O–H groups in total. The molecule has 0 unspecified atom stereocenters. The molecule has 0 radical (unpaired) electrons. The van der Waals surface area contributed by atoms with Crippen LogP contribution in [0.15, 0.2) is 6.20 Å². The molecule has 1 aromatic heterocycles. The lowest BCUT2D eigenvalue weighted by Crippen LogP contribution is -2.13. The molecular weight excluding hydrogens is 204 g/mol. The molecule has 1 aromatic rings. The first kappa shape index (κ1) is 11.2. The Hall–Kier alpha value is -1.32. The number of methoxy groups -OCH3 is 1. The van der Waals surface area contributed by atoms with Crippen molar-refractivity contribution in [1.82, 2.24) is 9.78 Å². The van der Waals surface area contributed by atoms with Gasteiger partial charge in [0.25, 0.3) is 0 Å². The Kier molecular flexibility index (Phi) is 3.27. The van der Waals surface area contributed by atoms with Crippen LogP contribution >= 0.6 is 0 Å². The van der Waals surface area contributed by atoms with Gasteiger partial charge in [-0.15, -0.1) is 0 Å². The monoisotopic (exact) mass is 222 g/mol. The highest BCUT2D eigenvalue weighted by molar-refractivity contribution is 5.90. The molecule has 2 rings (SSSR count). The molecule has 0 bridgehead atoms. The third kappa shape index (κ3) is 2.10. The first-order valence-electron chi connectivity index (χ1n) is 5.86. The normalized spacial score (nSPS) is 17.4. The lowest BCUT2D eigenvalue weighted by Gasteiger charge is -2.21. The largest absolute Gasteiger partial charge is 0.465 e. The summed E-state index contributed by atoms with van der Waals surface area (Å²) in [6.07, 6.45) is 8.01. The Morgan fingerprint density at radius 2 is 2.12 bits per heavy atom. The molecule has 0 saturated heterocycles.